The molecule has 0 unspecified atom stereocenters. The lowest BCUT2D eigenvalue weighted by Crippen LogP contribution is -2.11. The molecule has 0 aliphatic rings. The highest BCUT2D eigenvalue weighted by Gasteiger charge is 2.17. The molecule has 2 heterocycles. The highest BCUT2D eigenvalue weighted by molar-refractivity contribution is 7.99. The standard InChI is InChI=1S/C20H15ClN4O2S/c1-25-10-9-22-20(25)28-18-8-7-14(21)11-16(18)23-19(26)17-12-15(24-27-17)13-5-3-2-4-6-13/h2-12H,1H3,(H,23,26). The van der Waals surface area contributed by atoms with Gasteiger partial charge in [-0.05, 0) is 30.0 Å². The first kappa shape index (κ1) is 18.3. The van der Waals surface area contributed by atoms with Crippen LogP contribution >= 0.6 is 23.4 Å². The van der Waals surface area contributed by atoms with Crippen LogP contribution in [0, 0.1) is 0 Å². The summed E-state index contributed by atoms with van der Waals surface area (Å²) >= 11 is 7.55. The quantitative estimate of drug-likeness (QED) is 0.493. The van der Waals surface area contributed by atoms with Crippen molar-refractivity contribution in [2.75, 3.05) is 5.32 Å². The van der Waals surface area contributed by atoms with E-state index >= 15 is 0 Å². The van der Waals surface area contributed by atoms with Crippen LogP contribution in [0.25, 0.3) is 11.3 Å². The number of carbonyl (C=O) groups excluding carboxylic acids is 1. The van der Waals surface area contributed by atoms with Crippen molar-refractivity contribution in [2.45, 2.75) is 10.1 Å². The van der Waals surface area contributed by atoms with E-state index in [-0.39, 0.29) is 5.76 Å². The summed E-state index contributed by atoms with van der Waals surface area (Å²) in [6, 6.07) is 16.4. The van der Waals surface area contributed by atoms with Crippen LogP contribution in [-0.2, 0) is 7.05 Å². The van der Waals surface area contributed by atoms with Gasteiger partial charge in [-0.25, -0.2) is 4.98 Å². The number of carbonyl (C=O) groups is 1. The fraction of sp³-hybridized carbons (Fsp3) is 0.0500. The third kappa shape index (κ3) is 3.95. The lowest BCUT2D eigenvalue weighted by Gasteiger charge is -2.10. The molecule has 4 aromatic rings. The number of halogens is 1. The van der Waals surface area contributed by atoms with E-state index in [0.717, 1.165) is 15.6 Å². The van der Waals surface area contributed by atoms with Crippen LogP contribution in [0.5, 0.6) is 0 Å². The van der Waals surface area contributed by atoms with Gasteiger partial charge in [0.25, 0.3) is 5.91 Å². The minimum absolute atomic E-state index is 0.117. The Hall–Kier alpha value is -3.03. The summed E-state index contributed by atoms with van der Waals surface area (Å²) in [5.74, 6) is -0.287. The van der Waals surface area contributed by atoms with Crippen LogP contribution in [0.1, 0.15) is 10.6 Å². The van der Waals surface area contributed by atoms with Crippen molar-refractivity contribution in [1.29, 1.82) is 0 Å². The maximum absolute atomic E-state index is 12.7. The Morgan fingerprint density at radius 3 is 2.75 bits per heavy atom. The number of nitrogens with zero attached hydrogens (tertiary/aromatic N) is 3. The molecule has 4 rings (SSSR count). The molecule has 0 atom stereocenters. The zero-order chi connectivity index (χ0) is 19.5. The number of aryl methyl sites for hydroxylation is 1. The number of amides is 1. The summed E-state index contributed by atoms with van der Waals surface area (Å²) in [5, 5.41) is 8.14. The van der Waals surface area contributed by atoms with E-state index in [9.17, 15) is 4.79 Å². The Morgan fingerprint density at radius 1 is 1.18 bits per heavy atom. The van der Waals surface area contributed by atoms with Gasteiger partial charge in [-0.2, -0.15) is 0 Å². The monoisotopic (exact) mass is 410 g/mol. The van der Waals surface area contributed by atoms with E-state index in [1.54, 1.807) is 24.4 Å². The van der Waals surface area contributed by atoms with E-state index in [2.05, 4.69) is 15.5 Å². The molecule has 1 amide bonds. The highest BCUT2D eigenvalue weighted by atomic mass is 35.5. The Morgan fingerprint density at radius 2 is 2.00 bits per heavy atom. The van der Waals surface area contributed by atoms with Crippen molar-refractivity contribution in [3.8, 4) is 11.3 Å². The molecule has 1 N–H and O–H groups in total. The molecular formula is C20H15ClN4O2S. The molecule has 0 radical (unpaired) electrons. The molecule has 6 nitrogen and oxygen atoms in total. The highest BCUT2D eigenvalue weighted by Crippen LogP contribution is 2.34. The van der Waals surface area contributed by atoms with Crippen molar-refractivity contribution in [3.63, 3.8) is 0 Å². The van der Waals surface area contributed by atoms with Gasteiger partial charge in [0.2, 0.25) is 5.76 Å². The Balaban J connectivity index is 1.57. The molecule has 0 aliphatic heterocycles. The first-order valence-corrected chi connectivity index (χ1v) is 9.58. The van der Waals surface area contributed by atoms with E-state index in [1.165, 1.54) is 11.8 Å². The van der Waals surface area contributed by atoms with Gasteiger partial charge in [0.1, 0.15) is 5.69 Å². The average molecular weight is 411 g/mol. The molecule has 8 heteroatoms. The summed E-state index contributed by atoms with van der Waals surface area (Å²) in [6.07, 6.45) is 3.58. The van der Waals surface area contributed by atoms with Gasteiger partial charge in [0, 0.05) is 41.0 Å². The zero-order valence-electron chi connectivity index (χ0n) is 14.8. The summed E-state index contributed by atoms with van der Waals surface area (Å²) in [4.78, 5) is 17.8. The molecule has 0 saturated heterocycles. The number of hydrogen-bond acceptors (Lipinski definition) is 5. The van der Waals surface area contributed by atoms with Gasteiger partial charge >= 0.3 is 0 Å². The minimum atomic E-state index is -0.404. The number of imidazole rings is 1. The molecule has 140 valence electrons. The van der Waals surface area contributed by atoms with Crippen molar-refractivity contribution in [2.24, 2.45) is 7.05 Å². The Kier molecular flexibility index (Phi) is 5.18. The largest absolute Gasteiger partial charge is 0.350 e. The summed E-state index contributed by atoms with van der Waals surface area (Å²) in [7, 11) is 1.91. The normalized spacial score (nSPS) is 10.8. The summed E-state index contributed by atoms with van der Waals surface area (Å²) < 4.78 is 7.13. The predicted octanol–water partition coefficient (Wildman–Crippen LogP) is 5.13. The lowest BCUT2D eigenvalue weighted by molar-refractivity contribution is 0.0988. The lowest BCUT2D eigenvalue weighted by atomic mass is 10.1. The van der Waals surface area contributed by atoms with Crippen LogP contribution in [0.2, 0.25) is 5.02 Å². The van der Waals surface area contributed by atoms with Gasteiger partial charge in [-0.1, -0.05) is 47.1 Å². The molecule has 28 heavy (non-hydrogen) atoms. The van der Waals surface area contributed by atoms with Crippen molar-refractivity contribution in [3.05, 3.63) is 77.8 Å². The van der Waals surface area contributed by atoms with Crippen molar-refractivity contribution < 1.29 is 9.32 Å². The van der Waals surface area contributed by atoms with Gasteiger partial charge in [0.05, 0.1) is 5.69 Å². The van der Waals surface area contributed by atoms with Crippen LogP contribution < -0.4 is 5.32 Å². The van der Waals surface area contributed by atoms with E-state index in [0.29, 0.717) is 16.4 Å². The smallest absolute Gasteiger partial charge is 0.294 e. The average Bonchev–Trinajstić information content (AvgIpc) is 3.34. The Labute approximate surface area is 170 Å². The Bertz CT molecular complexity index is 1120. The molecule has 0 aliphatic carbocycles. The molecule has 0 fully saturated rings. The molecule has 2 aromatic carbocycles. The summed E-state index contributed by atoms with van der Waals surface area (Å²) in [5.41, 5.74) is 2.04. The third-order valence-corrected chi connectivity index (χ3v) is 5.36. The predicted molar refractivity (Wildman–Crippen MR) is 109 cm³/mol. The number of benzene rings is 2. The fourth-order valence-corrected chi connectivity index (χ4v) is 3.59. The fourth-order valence-electron chi connectivity index (χ4n) is 2.55. The second-order valence-electron chi connectivity index (χ2n) is 5.96. The van der Waals surface area contributed by atoms with E-state index in [4.69, 9.17) is 16.1 Å². The number of hydrogen-bond donors (Lipinski definition) is 1. The first-order chi connectivity index (χ1) is 13.6. The zero-order valence-corrected chi connectivity index (χ0v) is 16.4. The second kappa shape index (κ2) is 7.92. The van der Waals surface area contributed by atoms with E-state index in [1.807, 2.05) is 54.2 Å². The first-order valence-electron chi connectivity index (χ1n) is 8.38. The molecule has 0 spiro atoms. The van der Waals surface area contributed by atoms with Gasteiger partial charge in [0.15, 0.2) is 5.16 Å². The third-order valence-electron chi connectivity index (χ3n) is 3.97. The SMILES string of the molecule is Cn1ccnc1Sc1ccc(Cl)cc1NC(=O)c1cc(-c2ccccc2)no1. The topological polar surface area (TPSA) is 73.0 Å². The van der Waals surface area contributed by atoms with E-state index < -0.39 is 5.91 Å². The summed E-state index contributed by atoms with van der Waals surface area (Å²) in [6.45, 7) is 0. The maximum atomic E-state index is 12.7. The van der Waals surface area contributed by atoms with Crippen LogP contribution in [-0.4, -0.2) is 20.6 Å². The van der Waals surface area contributed by atoms with Crippen LogP contribution in [0.15, 0.2) is 81.6 Å². The van der Waals surface area contributed by atoms with Gasteiger partial charge in [-0.3, -0.25) is 4.79 Å². The minimum Gasteiger partial charge on any atom is -0.350 e. The second-order valence-corrected chi connectivity index (χ2v) is 7.41. The number of aromatic nitrogens is 3. The maximum Gasteiger partial charge on any atom is 0.294 e. The molecule has 2 aromatic heterocycles. The van der Waals surface area contributed by atoms with Crippen molar-refractivity contribution in [1.82, 2.24) is 14.7 Å². The van der Waals surface area contributed by atoms with Gasteiger partial charge in [-0.15, -0.1) is 0 Å². The number of rotatable bonds is 5. The number of anilines is 1. The molecule has 0 bridgehead atoms. The molecule has 0 saturated carbocycles. The number of nitrogens with one attached hydrogen (secondary N) is 1. The van der Waals surface area contributed by atoms with Crippen LogP contribution in [0.4, 0.5) is 5.69 Å². The van der Waals surface area contributed by atoms with Gasteiger partial charge < -0.3 is 14.4 Å². The van der Waals surface area contributed by atoms with Crippen molar-refractivity contribution >= 4 is 35.0 Å². The van der Waals surface area contributed by atoms with Crippen LogP contribution in [0.3, 0.4) is 0 Å². The molecular weight excluding hydrogens is 396 g/mol.